The van der Waals surface area contributed by atoms with Crippen molar-refractivity contribution in [3.8, 4) is 0 Å². The topological polar surface area (TPSA) is 79.8 Å². The van der Waals surface area contributed by atoms with Gasteiger partial charge in [0.25, 0.3) is 5.91 Å². The highest BCUT2D eigenvalue weighted by Crippen LogP contribution is 2.25. The van der Waals surface area contributed by atoms with Crippen molar-refractivity contribution < 1.29 is 4.79 Å². The molecule has 1 atom stereocenters. The van der Waals surface area contributed by atoms with E-state index < -0.39 is 0 Å². The molecule has 1 amide bonds. The number of nitrogens with one attached hydrogen (secondary N) is 2. The van der Waals surface area contributed by atoms with Crippen LogP contribution in [-0.4, -0.2) is 20.9 Å². The average molecular weight is 420 g/mol. The molecule has 3 aromatic heterocycles. The molecule has 0 bridgehead atoms. The molecule has 1 unspecified atom stereocenters. The number of carbonyl (C=O) groups is 1. The lowest BCUT2D eigenvalue weighted by molar-refractivity contribution is 0.0948. The third-order valence-electron chi connectivity index (χ3n) is 4.34. The smallest absolute Gasteiger partial charge is 0.271 e. The summed E-state index contributed by atoms with van der Waals surface area (Å²) >= 11 is 1.46. The quantitative estimate of drug-likeness (QED) is 0.448. The normalized spacial score (nSPS) is 11.3. The molecule has 2 N–H and O–H groups in total. The zero-order valence-electron chi connectivity index (χ0n) is 17.3. The van der Waals surface area contributed by atoms with E-state index in [1.807, 2.05) is 74.7 Å². The minimum Gasteiger partial charge on any atom is -0.348 e. The van der Waals surface area contributed by atoms with Crippen LogP contribution in [0.3, 0.4) is 0 Å². The maximum Gasteiger partial charge on any atom is 0.271 e. The minimum atomic E-state index is -0.212. The second-order valence-electron chi connectivity index (χ2n) is 6.35. The molecule has 3 heterocycles. The number of hydrogen-bond acceptors (Lipinski definition) is 6. The number of pyridine rings is 1. The number of benzene rings is 1. The van der Waals surface area contributed by atoms with E-state index in [2.05, 4.69) is 25.6 Å². The Morgan fingerprint density at radius 1 is 1.07 bits per heavy atom. The molecule has 0 radical (unpaired) electrons. The molecular formula is C23H25N5OS. The van der Waals surface area contributed by atoms with E-state index in [1.165, 1.54) is 11.3 Å². The average Bonchev–Trinajstić information content (AvgIpc) is 3.28. The van der Waals surface area contributed by atoms with Crippen molar-refractivity contribution >= 4 is 33.4 Å². The van der Waals surface area contributed by atoms with Crippen LogP contribution in [0.2, 0.25) is 0 Å². The largest absolute Gasteiger partial charge is 0.348 e. The summed E-state index contributed by atoms with van der Waals surface area (Å²) in [6.07, 6.45) is 3.54. The van der Waals surface area contributed by atoms with Crippen LogP contribution in [0.25, 0.3) is 10.2 Å². The van der Waals surface area contributed by atoms with Crippen LogP contribution >= 0.6 is 11.3 Å². The van der Waals surface area contributed by atoms with Crippen LogP contribution in [-0.2, 0) is 6.54 Å². The summed E-state index contributed by atoms with van der Waals surface area (Å²) in [6, 6.07) is 15.5. The Morgan fingerprint density at radius 3 is 2.60 bits per heavy atom. The van der Waals surface area contributed by atoms with Crippen LogP contribution in [0.5, 0.6) is 0 Å². The number of thiophene rings is 1. The van der Waals surface area contributed by atoms with Gasteiger partial charge in [0, 0.05) is 18.9 Å². The summed E-state index contributed by atoms with van der Waals surface area (Å²) in [7, 11) is 0. The third-order valence-corrected chi connectivity index (χ3v) is 5.25. The van der Waals surface area contributed by atoms with Gasteiger partial charge in [-0.2, -0.15) is 0 Å². The van der Waals surface area contributed by atoms with E-state index in [4.69, 9.17) is 0 Å². The summed E-state index contributed by atoms with van der Waals surface area (Å²) in [4.78, 5) is 26.0. The Hall–Kier alpha value is -3.32. The van der Waals surface area contributed by atoms with E-state index in [9.17, 15) is 4.79 Å². The van der Waals surface area contributed by atoms with Crippen molar-refractivity contribution in [3.05, 3.63) is 83.1 Å². The lowest BCUT2D eigenvalue weighted by Gasteiger charge is -2.14. The molecule has 6 nitrogen and oxygen atoms in total. The Balaban J connectivity index is 0.00000124. The highest BCUT2D eigenvalue weighted by atomic mass is 32.1. The fourth-order valence-corrected chi connectivity index (χ4v) is 3.67. The first-order valence-electron chi connectivity index (χ1n) is 9.94. The lowest BCUT2D eigenvalue weighted by atomic mass is 10.1. The SMILES string of the molecule is CC.CC(Nc1nc(C(=O)NCc2ccccc2)c2sccc2n1)c1cccnc1. The summed E-state index contributed by atoms with van der Waals surface area (Å²) in [5, 5.41) is 8.14. The van der Waals surface area contributed by atoms with E-state index >= 15 is 0 Å². The number of nitrogens with zero attached hydrogens (tertiary/aromatic N) is 3. The van der Waals surface area contributed by atoms with Crippen molar-refractivity contribution in [2.75, 3.05) is 5.32 Å². The predicted octanol–water partition coefficient (Wildman–Crippen LogP) is 5.22. The van der Waals surface area contributed by atoms with Crippen LogP contribution in [0.1, 0.15) is 48.4 Å². The first-order valence-corrected chi connectivity index (χ1v) is 10.8. The number of carbonyl (C=O) groups excluding carboxylic acids is 1. The van der Waals surface area contributed by atoms with E-state index in [1.54, 1.807) is 12.4 Å². The maximum atomic E-state index is 12.8. The molecule has 4 rings (SSSR count). The van der Waals surface area contributed by atoms with Crippen LogP contribution < -0.4 is 10.6 Å². The molecule has 0 saturated carbocycles. The Bertz CT molecular complexity index is 1080. The van der Waals surface area contributed by atoms with E-state index in [0.29, 0.717) is 18.2 Å². The van der Waals surface area contributed by atoms with Crippen molar-refractivity contribution in [3.63, 3.8) is 0 Å². The third kappa shape index (κ3) is 5.18. The van der Waals surface area contributed by atoms with E-state index in [-0.39, 0.29) is 11.9 Å². The molecule has 1 aromatic carbocycles. The Labute approximate surface area is 180 Å². The fourth-order valence-electron chi connectivity index (χ4n) is 2.85. The van der Waals surface area contributed by atoms with Crippen molar-refractivity contribution in [1.82, 2.24) is 20.3 Å². The molecule has 30 heavy (non-hydrogen) atoms. The molecule has 7 heteroatoms. The predicted molar refractivity (Wildman–Crippen MR) is 123 cm³/mol. The first-order chi connectivity index (χ1) is 14.7. The van der Waals surface area contributed by atoms with Crippen molar-refractivity contribution in [1.29, 1.82) is 0 Å². The van der Waals surface area contributed by atoms with Gasteiger partial charge in [-0.15, -0.1) is 11.3 Å². The van der Waals surface area contributed by atoms with Crippen LogP contribution in [0.4, 0.5) is 5.95 Å². The molecule has 0 saturated heterocycles. The van der Waals surface area contributed by atoms with Gasteiger partial charge in [0.1, 0.15) is 0 Å². The second kappa shape index (κ2) is 10.5. The van der Waals surface area contributed by atoms with Gasteiger partial charge in [0.2, 0.25) is 5.95 Å². The van der Waals surface area contributed by atoms with Gasteiger partial charge in [0.05, 0.1) is 16.3 Å². The van der Waals surface area contributed by atoms with Gasteiger partial charge < -0.3 is 10.6 Å². The number of amides is 1. The van der Waals surface area contributed by atoms with Gasteiger partial charge in [0.15, 0.2) is 5.69 Å². The van der Waals surface area contributed by atoms with Crippen LogP contribution in [0.15, 0.2) is 66.3 Å². The summed E-state index contributed by atoms with van der Waals surface area (Å²) in [5.74, 6) is 0.211. The molecule has 0 aliphatic carbocycles. The zero-order chi connectivity index (χ0) is 21.3. The van der Waals surface area contributed by atoms with Crippen molar-refractivity contribution in [2.24, 2.45) is 0 Å². The molecule has 0 spiro atoms. The maximum absolute atomic E-state index is 12.8. The van der Waals surface area contributed by atoms with Crippen molar-refractivity contribution in [2.45, 2.75) is 33.4 Å². The highest BCUT2D eigenvalue weighted by Gasteiger charge is 2.17. The molecular weight excluding hydrogens is 394 g/mol. The lowest BCUT2D eigenvalue weighted by Crippen LogP contribution is -2.24. The highest BCUT2D eigenvalue weighted by molar-refractivity contribution is 7.17. The number of aromatic nitrogens is 3. The van der Waals surface area contributed by atoms with Gasteiger partial charge in [-0.05, 0) is 35.6 Å². The van der Waals surface area contributed by atoms with Gasteiger partial charge in [-0.3, -0.25) is 9.78 Å². The molecule has 4 aromatic rings. The minimum absolute atomic E-state index is 0.0370. The Kier molecular flexibility index (Phi) is 7.45. The summed E-state index contributed by atoms with van der Waals surface area (Å²) < 4.78 is 0.783. The molecule has 0 fully saturated rings. The van der Waals surface area contributed by atoms with Crippen LogP contribution in [0, 0.1) is 0 Å². The number of hydrogen-bond donors (Lipinski definition) is 2. The molecule has 0 aliphatic heterocycles. The summed E-state index contributed by atoms with van der Waals surface area (Å²) in [6.45, 7) is 6.46. The van der Waals surface area contributed by atoms with Gasteiger partial charge in [-0.25, -0.2) is 9.97 Å². The molecule has 154 valence electrons. The zero-order valence-corrected chi connectivity index (χ0v) is 18.1. The number of anilines is 1. The van der Waals surface area contributed by atoms with E-state index in [0.717, 1.165) is 21.3 Å². The summed E-state index contributed by atoms with van der Waals surface area (Å²) in [5.41, 5.74) is 3.20. The Morgan fingerprint density at radius 2 is 1.87 bits per heavy atom. The number of rotatable bonds is 6. The van der Waals surface area contributed by atoms with Gasteiger partial charge >= 0.3 is 0 Å². The standard InChI is InChI=1S/C21H19N5OS.C2H6/c1-14(16-8-5-10-22-13-16)24-21-25-17-9-11-28-19(17)18(26-21)20(27)23-12-15-6-3-2-4-7-15;1-2/h2-11,13-14H,12H2,1H3,(H,23,27)(H,24,25,26);1-2H3. The number of fused-ring (bicyclic) bond motifs is 1. The molecule has 0 aliphatic rings. The monoisotopic (exact) mass is 419 g/mol. The first kappa shape index (κ1) is 21.4. The fraction of sp³-hybridized carbons (Fsp3) is 0.217. The second-order valence-corrected chi connectivity index (χ2v) is 7.27. The van der Waals surface area contributed by atoms with Gasteiger partial charge in [-0.1, -0.05) is 50.2 Å².